The number of hydrogen-bond donors (Lipinski definition) is 2. The summed E-state index contributed by atoms with van der Waals surface area (Å²) in [6, 6.07) is 25.3. The first-order valence-corrected chi connectivity index (χ1v) is 9.51. The zero-order valence-electron chi connectivity index (χ0n) is 16.6. The van der Waals surface area contributed by atoms with Gasteiger partial charge in [-0.3, -0.25) is 0 Å². The number of nitrogens with zero attached hydrogens (tertiary/aromatic N) is 2. The molecule has 0 fully saturated rings. The summed E-state index contributed by atoms with van der Waals surface area (Å²) in [5.41, 5.74) is 10.1. The molecule has 4 rings (SSSR count). The number of anilines is 3. The molecule has 0 aliphatic heterocycles. The molecule has 6 nitrogen and oxygen atoms in total. The van der Waals surface area contributed by atoms with E-state index < -0.39 is 0 Å². The minimum atomic E-state index is 0.485. The van der Waals surface area contributed by atoms with Crippen LogP contribution in [-0.4, -0.2) is 17.1 Å². The van der Waals surface area contributed by atoms with E-state index in [1.165, 1.54) is 6.33 Å². The topological polar surface area (TPSA) is 82.3 Å². The van der Waals surface area contributed by atoms with Gasteiger partial charge in [0.25, 0.3) is 0 Å². The largest absolute Gasteiger partial charge is 0.495 e. The second-order valence-electron chi connectivity index (χ2n) is 6.64. The van der Waals surface area contributed by atoms with Crippen LogP contribution < -0.4 is 20.5 Å². The Hall–Kier alpha value is -4.06. The third kappa shape index (κ3) is 4.50. The van der Waals surface area contributed by atoms with Crippen LogP contribution in [0.1, 0.15) is 5.56 Å². The molecular formula is C24H22N4O2. The van der Waals surface area contributed by atoms with Crippen LogP contribution in [0.25, 0.3) is 11.3 Å². The van der Waals surface area contributed by atoms with Gasteiger partial charge in [0.1, 0.15) is 30.3 Å². The number of nitrogens with two attached hydrogens (primary N) is 1. The van der Waals surface area contributed by atoms with Crippen molar-refractivity contribution in [1.82, 2.24) is 9.97 Å². The molecule has 1 heterocycles. The Morgan fingerprint density at radius 3 is 2.47 bits per heavy atom. The molecule has 3 aromatic carbocycles. The maximum atomic E-state index is 6.07. The van der Waals surface area contributed by atoms with Crippen molar-refractivity contribution in [2.75, 3.05) is 18.2 Å². The summed E-state index contributed by atoms with van der Waals surface area (Å²) in [5.74, 6) is 2.05. The Morgan fingerprint density at radius 2 is 1.67 bits per heavy atom. The first-order chi connectivity index (χ1) is 14.7. The minimum Gasteiger partial charge on any atom is -0.495 e. The first kappa shape index (κ1) is 19.3. The predicted octanol–water partition coefficient (Wildman–Crippen LogP) is 5.06. The quantitative estimate of drug-likeness (QED) is 0.424. The summed E-state index contributed by atoms with van der Waals surface area (Å²) in [4.78, 5) is 8.76. The lowest BCUT2D eigenvalue weighted by atomic mass is 10.1. The molecule has 1 aromatic heterocycles. The highest BCUT2D eigenvalue weighted by atomic mass is 16.5. The van der Waals surface area contributed by atoms with Gasteiger partial charge < -0.3 is 20.5 Å². The SMILES string of the molecule is COc1ccc(Nc2cc(-c3ccccc3OCc3ccccc3)ncn2)cc1N. The van der Waals surface area contributed by atoms with Crippen LogP contribution in [-0.2, 0) is 6.61 Å². The number of benzene rings is 3. The van der Waals surface area contributed by atoms with E-state index in [0.29, 0.717) is 23.9 Å². The van der Waals surface area contributed by atoms with E-state index in [2.05, 4.69) is 15.3 Å². The highest BCUT2D eigenvalue weighted by Crippen LogP contribution is 2.31. The number of nitrogens with one attached hydrogen (secondary N) is 1. The third-order valence-corrected chi connectivity index (χ3v) is 4.57. The highest BCUT2D eigenvalue weighted by Gasteiger charge is 2.10. The Kier molecular flexibility index (Phi) is 5.75. The maximum Gasteiger partial charge on any atom is 0.141 e. The molecule has 150 valence electrons. The molecule has 0 bridgehead atoms. The van der Waals surface area contributed by atoms with Crippen LogP contribution >= 0.6 is 0 Å². The lowest BCUT2D eigenvalue weighted by molar-refractivity contribution is 0.307. The number of hydrogen-bond acceptors (Lipinski definition) is 6. The molecule has 0 amide bonds. The molecule has 0 atom stereocenters. The first-order valence-electron chi connectivity index (χ1n) is 9.51. The van der Waals surface area contributed by atoms with Crippen LogP contribution in [0.5, 0.6) is 11.5 Å². The number of methoxy groups -OCH3 is 1. The zero-order chi connectivity index (χ0) is 20.8. The van der Waals surface area contributed by atoms with Crippen molar-refractivity contribution in [3.63, 3.8) is 0 Å². The van der Waals surface area contributed by atoms with E-state index in [4.69, 9.17) is 15.2 Å². The summed E-state index contributed by atoms with van der Waals surface area (Å²) < 4.78 is 11.3. The van der Waals surface area contributed by atoms with Gasteiger partial charge in [0.05, 0.1) is 18.5 Å². The van der Waals surface area contributed by atoms with Crippen molar-refractivity contribution in [2.45, 2.75) is 6.61 Å². The lowest BCUT2D eigenvalue weighted by Crippen LogP contribution is -1.99. The Labute approximate surface area is 175 Å². The molecule has 0 spiro atoms. The van der Waals surface area contributed by atoms with E-state index in [0.717, 1.165) is 28.3 Å². The number of para-hydroxylation sites is 1. The second-order valence-corrected chi connectivity index (χ2v) is 6.64. The van der Waals surface area contributed by atoms with Crippen LogP contribution in [0.3, 0.4) is 0 Å². The molecule has 0 aliphatic carbocycles. The van der Waals surface area contributed by atoms with E-state index in [-0.39, 0.29) is 0 Å². The van der Waals surface area contributed by atoms with Crippen LogP contribution in [0, 0.1) is 0 Å². The Balaban J connectivity index is 1.56. The number of aromatic nitrogens is 2. The van der Waals surface area contributed by atoms with Crippen molar-refractivity contribution in [3.05, 3.63) is 90.8 Å². The molecule has 0 aliphatic rings. The van der Waals surface area contributed by atoms with Crippen molar-refractivity contribution < 1.29 is 9.47 Å². The van der Waals surface area contributed by atoms with Gasteiger partial charge in [-0.15, -0.1) is 0 Å². The van der Waals surface area contributed by atoms with Crippen LogP contribution in [0.15, 0.2) is 85.2 Å². The number of ether oxygens (including phenoxy) is 2. The molecule has 6 heteroatoms. The molecule has 4 aromatic rings. The fourth-order valence-corrected chi connectivity index (χ4v) is 3.07. The molecular weight excluding hydrogens is 376 g/mol. The molecule has 0 radical (unpaired) electrons. The summed E-state index contributed by atoms with van der Waals surface area (Å²) in [6.45, 7) is 0.485. The van der Waals surface area contributed by atoms with Gasteiger partial charge in [0.15, 0.2) is 0 Å². The van der Waals surface area contributed by atoms with Crippen molar-refractivity contribution in [1.29, 1.82) is 0 Å². The van der Waals surface area contributed by atoms with Crippen LogP contribution in [0.4, 0.5) is 17.2 Å². The summed E-state index contributed by atoms with van der Waals surface area (Å²) >= 11 is 0. The van der Waals surface area contributed by atoms with Gasteiger partial charge in [-0.25, -0.2) is 9.97 Å². The average Bonchev–Trinajstić information content (AvgIpc) is 2.79. The Bertz CT molecular complexity index is 1130. The molecule has 3 N–H and O–H groups in total. The standard InChI is InChI=1S/C24H22N4O2/c1-29-23-12-11-18(13-20(23)25)28-24-14-21(26-16-27-24)19-9-5-6-10-22(19)30-15-17-7-3-2-4-8-17/h2-14,16H,15,25H2,1H3,(H,26,27,28). The van der Waals surface area contributed by atoms with Gasteiger partial charge in [0, 0.05) is 17.3 Å². The summed E-state index contributed by atoms with van der Waals surface area (Å²) in [6.07, 6.45) is 1.53. The summed E-state index contributed by atoms with van der Waals surface area (Å²) in [5, 5.41) is 3.26. The van der Waals surface area contributed by atoms with E-state index in [9.17, 15) is 0 Å². The third-order valence-electron chi connectivity index (χ3n) is 4.57. The van der Waals surface area contributed by atoms with E-state index in [1.807, 2.05) is 72.8 Å². The van der Waals surface area contributed by atoms with Crippen molar-refractivity contribution in [2.24, 2.45) is 0 Å². The molecule has 0 saturated carbocycles. The zero-order valence-corrected chi connectivity index (χ0v) is 16.6. The van der Waals surface area contributed by atoms with Crippen molar-refractivity contribution in [3.8, 4) is 22.8 Å². The van der Waals surface area contributed by atoms with Gasteiger partial charge in [0.2, 0.25) is 0 Å². The lowest BCUT2D eigenvalue weighted by Gasteiger charge is -2.13. The van der Waals surface area contributed by atoms with Crippen LogP contribution in [0.2, 0.25) is 0 Å². The minimum absolute atomic E-state index is 0.485. The fourth-order valence-electron chi connectivity index (χ4n) is 3.07. The molecule has 30 heavy (non-hydrogen) atoms. The number of rotatable bonds is 7. The van der Waals surface area contributed by atoms with Gasteiger partial charge in [-0.05, 0) is 35.9 Å². The average molecular weight is 398 g/mol. The highest BCUT2D eigenvalue weighted by molar-refractivity contribution is 5.71. The van der Waals surface area contributed by atoms with Gasteiger partial charge in [-0.1, -0.05) is 42.5 Å². The number of nitrogen functional groups attached to an aromatic ring is 1. The smallest absolute Gasteiger partial charge is 0.141 e. The monoisotopic (exact) mass is 398 g/mol. The predicted molar refractivity (Wildman–Crippen MR) is 119 cm³/mol. The van der Waals surface area contributed by atoms with Crippen molar-refractivity contribution >= 4 is 17.2 Å². The van der Waals surface area contributed by atoms with Gasteiger partial charge in [-0.2, -0.15) is 0 Å². The molecule has 0 saturated heterocycles. The van der Waals surface area contributed by atoms with E-state index >= 15 is 0 Å². The van der Waals surface area contributed by atoms with E-state index in [1.54, 1.807) is 13.2 Å². The molecule has 0 unspecified atom stereocenters. The maximum absolute atomic E-state index is 6.07. The second kappa shape index (κ2) is 8.96. The fraction of sp³-hybridized carbons (Fsp3) is 0.0833. The Morgan fingerprint density at radius 1 is 0.867 bits per heavy atom. The van der Waals surface area contributed by atoms with Gasteiger partial charge >= 0.3 is 0 Å². The normalized spacial score (nSPS) is 10.4. The summed E-state index contributed by atoms with van der Waals surface area (Å²) in [7, 11) is 1.59.